The van der Waals surface area contributed by atoms with Gasteiger partial charge in [0, 0.05) is 23.4 Å². The number of benzene rings is 2. The van der Waals surface area contributed by atoms with Gasteiger partial charge in [-0.15, -0.1) is 0 Å². The molecule has 0 radical (unpaired) electrons. The first kappa shape index (κ1) is 16.4. The SMILES string of the molecule is COc1cc(NC(C)c2ccccc2)cc2c1NC(C)(C)C=C2C. The Morgan fingerprint density at radius 2 is 1.83 bits per heavy atom. The maximum Gasteiger partial charge on any atom is 0.144 e. The van der Waals surface area contributed by atoms with Crippen LogP contribution in [0.1, 0.15) is 44.9 Å². The zero-order chi connectivity index (χ0) is 17.3. The van der Waals surface area contributed by atoms with Crippen LogP contribution in [-0.4, -0.2) is 12.6 Å². The van der Waals surface area contributed by atoms with Gasteiger partial charge in [0.25, 0.3) is 0 Å². The molecule has 0 saturated carbocycles. The minimum atomic E-state index is -0.0728. The lowest BCUT2D eigenvalue weighted by molar-refractivity contribution is 0.415. The third-order valence-corrected chi connectivity index (χ3v) is 4.45. The topological polar surface area (TPSA) is 33.3 Å². The minimum Gasteiger partial charge on any atom is -0.494 e. The molecule has 0 bridgehead atoms. The summed E-state index contributed by atoms with van der Waals surface area (Å²) in [5, 5.41) is 7.16. The van der Waals surface area contributed by atoms with Crippen molar-refractivity contribution in [3.8, 4) is 5.75 Å². The smallest absolute Gasteiger partial charge is 0.144 e. The van der Waals surface area contributed by atoms with E-state index in [0.29, 0.717) is 0 Å². The molecule has 3 nitrogen and oxygen atoms in total. The fraction of sp³-hybridized carbons (Fsp3) is 0.333. The van der Waals surface area contributed by atoms with Crippen molar-refractivity contribution in [2.75, 3.05) is 17.7 Å². The van der Waals surface area contributed by atoms with Gasteiger partial charge in [-0.2, -0.15) is 0 Å². The van der Waals surface area contributed by atoms with E-state index in [-0.39, 0.29) is 11.6 Å². The summed E-state index contributed by atoms with van der Waals surface area (Å²) in [6.07, 6.45) is 2.26. The number of nitrogens with one attached hydrogen (secondary N) is 2. The molecule has 3 rings (SSSR count). The number of anilines is 2. The first-order valence-corrected chi connectivity index (χ1v) is 8.41. The highest BCUT2D eigenvalue weighted by Gasteiger charge is 2.25. The van der Waals surface area contributed by atoms with E-state index >= 15 is 0 Å². The summed E-state index contributed by atoms with van der Waals surface area (Å²) in [6.45, 7) is 8.67. The number of hydrogen-bond donors (Lipinski definition) is 2. The Morgan fingerprint density at radius 1 is 1.12 bits per heavy atom. The first-order valence-electron chi connectivity index (χ1n) is 8.41. The molecule has 0 spiro atoms. The standard InChI is InChI=1S/C21H26N2O/c1-14-13-21(3,4)23-20-18(14)11-17(12-19(20)24-5)22-15(2)16-9-7-6-8-10-16/h6-13,15,22-23H,1-5H3. The molecule has 2 aromatic carbocycles. The van der Waals surface area contributed by atoms with Gasteiger partial charge in [0.2, 0.25) is 0 Å². The lowest BCUT2D eigenvalue weighted by Crippen LogP contribution is -2.31. The monoisotopic (exact) mass is 322 g/mol. The normalized spacial score (nSPS) is 16.5. The highest BCUT2D eigenvalue weighted by molar-refractivity contribution is 5.86. The molecule has 1 atom stereocenters. The van der Waals surface area contributed by atoms with Crippen LogP contribution >= 0.6 is 0 Å². The summed E-state index contributed by atoms with van der Waals surface area (Å²) in [6, 6.07) is 15.0. The minimum absolute atomic E-state index is 0.0728. The van der Waals surface area contributed by atoms with Crippen LogP contribution in [-0.2, 0) is 0 Å². The van der Waals surface area contributed by atoms with Crippen LogP contribution in [0.5, 0.6) is 5.75 Å². The predicted molar refractivity (Wildman–Crippen MR) is 103 cm³/mol. The second kappa shape index (κ2) is 6.23. The molecule has 0 saturated heterocycles. The molecule has 0 fully saturated rings. The molecule has 1 heterocycles. The van der Waals surface area contributed by atoms with Crippen LogP contribution < -0.4 is 15.4 Å². The zero-order valence-corrected chi connectivity index (χ0v) is 15.1. The van der Waals surface area contributed by atoms with Crippen LogP contribution in [0.25, 0.3) is 5.57 Å². The Balaban J connectivity index is 1.95. The maximum absolute atomic E-state index is 5.65. The second-order valence-corrected chi connectivity index (χ2v) is 7.05. The van der Waals surface area contributed by atoms with E-state index in [2.05, 4.69) is 80.8 Å². The largest absolute Gasteiger partial charge is 0.494 e. The molecule has 2 aromatic rings. The second-order valence-electron chi connectivity index (χ2n) is 7.05. The fourth-order valence-electron chi connectivity index (χ4n) is 3.35. The Labute approximate surface area is 144 Å². The lowest BCUT2D eigenvalue weighted by Gasteiger charge is -2.33. The Hall–Kier alpha value is -2.42. The van der Waals surface area contributed by atoms with Crippen LogP contribution in [0.3, 0.4) is 0 Å². The summed E-state index contributed by atoms with van der Waals surface area (Å²) >= 11 is 0. The van der Waals surface area contributed by atoms with E-state index in [4.69, 9.17) is 4.74 Å². The van der Waals surface area contributed by atoms with Crippen molar-refractivity contribution in [3.05, 3.63) is 59.7 Å². The molecule has 126 valence electrons. The molecule has 3 heteroatoms. The first-order chi connectivity index (χ1) is 11.4. The predicted octanol–water partition coefficient (Wildman–Crippen LogP) is 5.48. The van der Waals surface area contributed by atoms with E-state index in [0.717, 1.165) is 17.1 Å². The van der Waals surface area contributed by atoms with Crippen molar-refractivity contribution in [1.82, 2.24) is 0 Å². The highest BCUT2D eigenvalue weighted by atomic mass is 16.5. The molecule has 0 amide bonds. The fourth-order valence-corrected chi connectivity index (χ4v) is 3.35. The number of fused-ring (bicyclic) bond motifs is 1. The number of rotatable bonds is 4. The Kier molecular flexibility index (Phi) is 4.27. The van der Waals surface area contributed by atoms with Crippen molar-refractivity contribution < 1.29 is 4.74 Å². The van der Waals surface area contributed by atoms with E-state index in [1.165, 1.54) is 16.7 Å². The van der Waals surface area contributed by atoms with Gasteiger partial charge in [-0.25, -0.2) is 0 Å². The van der Waals surface area contributed by atoms with Gasteiger partial charge in [-0.05, 0) is 44.9 Å². The van der Waals surface area contributed by atoms with Gasteiger partial charge in [-0.1, -0.05) is 36.4 Å². The average molecular weight is 322 g/mol. The molecule has 1 aliphatic heterocycles. The van der Waals surface area contributed by atoms with Gasteiger partial charge in [0.15, 0.2) is 0 Å². The average Bonchev–Trinajstić information content (AvgIpc) is 2.55. The molecule has 1 aliphatic rings. The van der Waals surface area contributed by atoms with Crippen molar-refractivity contribution >= 4 is 16.9 Å². The molecule has 2 N–H and O–H groups in total. The van der Waals surface area contributed by atoms with Crippen LogP contribution in [0.15, 0.2) is 48.5 Å². The molecule has 0 aromatic heterocycles. The summed E-state index contributed by atoms with van der Waals surface area (Å²) in [5.74, 6) is 0.871. The number of allylic oxidation sites excluding steroid dienone is 1. The lowest BCUT2D eigenvalue weighted by atomic mass is 9.90. The molecule has 1 unspecified atom stereocenters. The van der Waals surface area contributed by atoms with Gasteiger partial charge in [0.05, 0.1) is 18.3 Å². The Bertz CT molecular complexity index is 763. The van der Waals surface area contributed by atoms with E-state index in [1.807, 2.05) is 6.07 Å². The number of ether oxygens (including phenoxy) is 1. The van der Waals surface area contributed by atoms with Gasteiger partial charge < -0.3 is 15.4 Å². The molecular formula is C21H26N2O. The highest BCUT2D eigenvalue weighted by Crippen LogP contribution is 2.42. The number of methoxy groups -OCH3 is 1. The van der Waals surface area contributed by atoms with Crippen molar-refractivity contribution in [2.24, 2.45) is 0 Å². The molecule has 24 heavy (non-hydrogen) atoms. The molecular weight excluding hydrogens is 296 g/mol. The van der Waals surface area contributed by atoms with Crippen LogP contribution in [0.4, 0.5) is 11.4 Å². The summed E-state index contributed by atoms with van der Waals surface area (Å²) in [5.41, 5.74) is 5.79. The summed E-state index contributed by atoms with van der Waals surface area (Å²) in [7, 11) is 1.72. The van der Waals surface area contributed by atoms with Crippen LogP contribution in [0.2, 0.25) is 0 Å². The quantitative estimate of drug-likeness (QED) is 0.782. The summed E-state index contributed by atoms with van der Waals surface area (Å²) < 4.78 is 5.65. The van der Waals surface area contributed by atoms with Gasteiger partial charge in [0.1, 0.15) is 5.75 Å². The Morgan fingerprint density at radius 3 is 2.50 bits per heavy atom. The van der Waals surface area contributed by atoms with Crippen molar-refractivity contribution in [2.45, 2.75) is 39.3 Å². The van der Waals surface area contributed by atoms with Gasteiger partial charge in [-0.3, -0.25) is 0 Å². The van der Waals surface area contributed by atoms with Gasteiger partial charge >= 0.3 is 0 Å². The molecule has 0 aliphatic carbocycles. The van der Waals surface area contributed by atoms with E-state index < -0.39 is 0 Å². The summed E-state index contributed by atoms with van der Waals surface area (Å²) in [4.78, 5) is 0. The van der Waals surface area contributed by atoms with E-state index in [9.17, 15) is 0 Å². The number of hydrogen-bond acceptors (Lipinski definition) is 3. The van der Waals surface area contributed by atoms with Crippen LogP contribution in [0, 0.1) is 0 Å². The van der Waals surface area contributed by atoms with Crippen molar-refractivity contribution in [3.63, 3.8) is 0 Å². The maximum atomic E-state index is 5.65. The third-order valence-electron chi connectivity index (χ3n) is 4.45. The third kappa shape index (κ3) is 3.25. The van der Waals surface area contributed by atoms with E-state index in [1.54, 1.807) is 7.11 Å². The van der Waals surface area contributed by atoms with Crippen molar-refractivity contribution in [1.29, 1.82) is 0 Å². The zero-order valence-electron chi connectivity index (χ0n) is 15.1.